The molecule has 1 fully saturated rings. The molecule has 1 aliphatic rings. The summed E-state index contributed by atoms with van der Waals surface area (Å²) in [4.78, 5) is 12.1. The summed E-state index contributed by atoms with van der Waals surface area (Å²) in [6.07, 6.45) is 5.98. The number of rotatable bonds is 13. The minimum atomic E-state index is -4.05. The van der Waals surface area contributed by atoms with E-state index in [0.717, 1.165) is 67.3 Å². The molecule has 1 atom stereocenters. The van der Waals surface area contributed by atoms with Gasteiger partial charge in [0, 0.05) is 13.0 Å². The molecule has 0 aliphatic heterocycles. The maximum atomic E-state index is 13.1. The molecule has 1 amide bonds. The highest BCUT2D eigenvalue weighted by molar-refractivity contribution is 7.90. The molecule has 0 aromatic heterocycles. The number of carbonyl (C=O) groups is 1. The first kappa shape index (κ1) is 32.6. The Hall–Kier alpha value is -2.91. The van der Waals surface area contributed by atoms with Gasteiger partial charge in [0.25, 0.3) is 10.0 Å². The highest BCUT2D eigenvalue weighted by Gasteiger charge is 2.25. The number of hydrogen-bond acceptors (Lipinski definition) is 6. The fourth-order valence-corrected chi connectivity index (χ4v) is 6.11. The summed E-state index contributed by atoms with van der Waals surface area (Å²) < 4.78 is 34.6. The molecule has 0 spiro atoms. The molecule has 3 aromatic rings. The number of amides is 1. The maximum Gasteiger partial charge on any atom is 0.267 e. The molecule has 0 saturated heterocycles. The van der Waals surface area contributed by atoms with Crippen LogP contribution in [-0.4, -0.2) is 38.6 Å². The second-order valence-corrected chi connectivity index (χ2v) is 12.0. The third-order valence-corrected chi connectivity index (χ3v) is 8.62. The van der Waals surface area contributed by atoms with E-state index in [2.05, 4.69) is 22.2 Å². The van der Waals surface area contributed by atoms with Gasteiger partial charge in [0.05, 0.1) is 12.2 Å². The number of benzene rings is 3. The Kier molecular flexibility index (Phi) is 12.7. The number of aliphatic hydroxyl groups is 1. The molecule has 9 heteroatoms. The number of ether oxygens (including phenoxy) is 1. The Balaban J connectivity index is 0.00000462. The van der Waals surface area contributed by atoms with E-state index >= 15 is 0 Å². The average Bonchev–Trinajstić information content (AvgIpc) is 2.96. The van der Waals surface area contributed by atoms with Gasteiger partial charge < -0.3 is 15.2 Å². The molecule has 41 heavy (non-hydrogen) atoms. The molecular formula is C32H41ClN2O5S. The fourth-order valence-electron chi connectivity index (χ4n) is 4.98. The molecule has 1 aliphatic carbocycles. The SMILES string of the molecule is CCCC(=O)NS(=O)(=O)c1ccc(-c2ccc(CCNC[C@@H](O)c3ccccc3)cc2)cc1OC1CCCCC1.Cl. The molecule has 1 saturated carbocycles. The molecule has 7 nitrogen and oxygen atoms in total. The van der Waals surface area contributed by atoms with Crippen molar-refractivity contribution in [1.82, 2.24) is 10.0 Å². The van der Waals surface area contributed by atoms with Crippen LogP contribution in [0.1, 0.15) is 69.1 Å². The van der Waals surface area contributed by atoms with Crippen molar-refractivity contribution < 1.29 is 23.1 Å². The monoisotopic (exact) mass is 600 g/mol. The number of carbonyl (C=O) groups excluding carboxylic acids is 1. The van der Waals surface area contributed by atoms with Gasteiger partial charge in [-0.3, -0.25) is 4.79 Å². The second kappa shape index (κ2) is 15.9. The van der Waals surface area contributed by atoms with Gasteiger partial charge in [0.1, 0.15) is 10.6 Å². The van der Waals surface area contributed by atoms with Gasteiger partial charge in [-0.15, -0.1) is 12.4 Å². The van der Waals surface area contributed by atoms with Crippen LogP contribution in [0, 0.1) is 0 Å². The summed E-state index contributed by atoms with van der Waals surface area (Å²) in [7, 11) is -4.05. The van der Waals surface area contributed by atoms with E-state index in [1.165, 1.54) is 6.07 Å². The first-order valence-corrected chi connectivity index (χ1v) is 15.7. The highest BCUT2D eigenvalue weighted by Crippen LogP contribution is 2.33. The lowest BCUT2D eigenvalue weighted by molar-refractivity contribution is -0.119. The fraction of sp³-hybridized carbons (Fsp3) is 0.406. The lowest BCUT2D eigenvalue weighted by atomic mass is 9.97. The summed E-state index contributed by atoms with van der Waals surface area (Å²) in [5, 5.41) is 13.6. The van der Waals surface area contributed by atoms with Crippen LogP contribution in [0.15, 0.2) is 77.7 Å². The Morgan fingerprint density at radius 1 is 0.976 bits per heavy atom. The van der Waals surface area contributed by atoms with Gasteiger partial charge >= 0.3 is 0 Å². The number of halogens is 1. The molecule has 0 bridgehead atoms. The number of sulfonamides is 1. The first-order chi connectivity index (χ1) is 19.4. The van der Waals surface area contributed by atoms with Gasteiger partial charge in [0.2, 0.25) is 5.91 Å². The molecule has 3 N–H and O–H groups in total. The van der Waals surface area contributed by atoms with E-state index in [1.807, 2.05) is 49.4 Å². The van der Waals surface area contributed by atoms with Crippen molar-refractivity contribution in [3.63, 3.8) is 0 Å². The Labute approximate surface area is 250 Å². The third kappa shape index (κ3) is 9.57. The Bertz CT molecular complexity index is 1340. The van der Waals surface area contributed by atoms with Crippen LogP contribution >= 0.6 is 12.4 Å². The average molecular weight is 601 g/mol. The van der Waals surface area contributed by atoms with E-state index in [0.29, 0.717) is 13.0 Å². The number of nitrogens with one attached hydrogen (secondary N) is 2. The van der Waals surface area contributed by atoms with Crippen LogP contribution in [0.4, 0.5) is 0 Å². The topological polar surface area (TPSA) is 105 Å². The van der Waals surface area contributed by atoms with Gasteiger partial charge in [-0.1, -0.05) is 74.0 Å². The first-order valence-electron chi connectivity index (χ1n) is 14.2. The normalized spacial score (nSPS) is 14.6. The molecule has 4 rings (SSSR count). The van der Waals surface area contributed by atoms with E-state index in [4.69, 9.17) is 4.74 Å². The molecule has 222 valence electrons. The summed E-state index contributed by atoms with van der Waals surface area (Å²) in [5.41, 5.74) is 3.85. The third-order valence-electron chi connectivity index (χ3n) is 7.20. The van der Waals surface area contributed by atoms with Crippen molar-refractivity contribution in [3.05, 3.63) is 83.9 Å². The molecule has 0 radical (unpaired) electrons. The standard InChI is InChI=1S/C32H40N2O5S.ClH/c1-2-9-32(36)34-40(37,38)31-19-18-27(22-30(31)39-28-12-7-4-8-13-28)25-16-14-24(15-17-25)20-21-33-23-29(35)26-10-5-3-6-11-26;/h3,5-6,10-11,14-19,22,28-29,33,35H,2,4,7-9,12-13,20-21,23H2,1H3,(H,34,36);1H/t29-;/m1./s1. The minimum absolute atomic E-state index is 0. The van der Waals surface area contributed by atoms with E-state index < -0.39 is 22.0 Å². The van der Waals surface area contributed by atoms with E-state index in [1.54, 1.807) is 12.1 Å². The van der Waals surface area contributed by atoms with Crippen LogP contribution in [0.3, 0.4) is 0 Å². The highest BCUT2D eigenvalue weighted by atomic mass is 35.5. The van der Waals surface area contributed by atoms with Gasteiger partial charge in [-0.05, 0) is 79.5 Å². The van der Waals surface area contributed by atoms with Crippen LogP contribution in [0.5, 0.6) is 5.75 Å². The van der Waals surface area contributed by atoms with Crippen molar-refractivity contribution in [3.8, 4) is 16.9 Å². The summed E-state index contributed by atoms with van der Waals surface area (Å²) in [6, 6.07) is 22.8. The van der Waals surface area contributed by atoms with Crippen molar-refractivity contribution in [2.45, 2.75) is 75.4 Å². The Morgan fingerprint density at radius 3 is 2.34 bits per heavy atom. The van der Waals surface area contributed by atoms with Crippen LogP contribution in [0.2, 0.25) is 0 Å². The lowest BCUT2D eigenvalue weighted by Crippen LogP contribution is -2.31. The predicted molar refractivity (Wildman–Crippen MR) is 165 cm³/mol. The summed E-state index contributed by atoms with van der Waals surface area (Å²) >= 11 is 0. The molecule has 3 aromatic carbocycles. The van der Waals surface area contributed by atoms with Crippen molar-refractivity contribution in [1.29, 1.82) is 0 Å². The van der Waals surface area contributed by atoms with Crippen molar-refractivity contribution in [2.75, 3.05) is 13.1 Å². The van der Waals surface area contributed by atoms with Crippen LogP contribution in [-0.2, 0) is 21.2 Å². The largest absolute Gasteiger partial charge is 0.489 e. The van der Waals surface area contributed by atoms with Gasteiger partial charge in [0.15, 0.2) is 0 Å². The van der Waals surface area contributed by atoms with Gasteiger partial charge in [-0.25, -0.2) is 13.1 Å². The Morgan fingerprint density at radius 2 is 1.66 bits per heavy atom. The quantitative estimate of drug-likeness (QED) is 0.209. The lowest BCUT2D eigenvalue weighted by Gasteiger charge is -2.24. The van der Waals surface area contributed by atoms with Crippen molar-refractivity contribution in [2.24, 2.45) is 0 Å². The summed E-state index contributed by atoms with van der Waals surface area (Å²) in [6.45, 7) is 3.05. The molecule has 0 unspecified atom stereocenters. The van der Waals surface area contributed by atoms with Crippen LogP contribution in [0.25, 0.3) is 11.1 Å². The smallest absolute Gasteiger partial charge is 0.267 e. The van der Waals surface area contributed by atoms with Crippen molar-refractivity contribution >= 4 is 28.3 Å². The molecular weight excluding hydrogens is 560 g/mol. The van der Waals surface area contributed by atoms with Crippen LogP contribution < -0.4 is 14.8 Å². The predicted octanol–water partition coefficient (Wildman–Crippen LogP) is 5.96. The molecule has 0 heterocycles. The van der Waals surface area contributed by atoms with E-state index in [-0.39, 0.29) is 35.6 Å². The van der Waals surface area contributed by atoms with E-state index in [9.17, 15) is 18.3 Å². The number of aliphatic hydroxyl groups excluding tert-OH is 1. The zero-order valence-corrected chi connectivity index (χ0v) is 25.2. The maximum absolute atomic E-state index is 13.1. The number of hydrogen-bond donors (Lipinski definition) is 3. The minimum Gasteiger partial charge on any atom is -0.489 e. The van der Waals surface area contributed by atoms with Gasteiger partial charge in [-0.2, -0.15) is 0 Å². The zero-order chi connectivity index (χ0) is 28.4. The summed E-state index contributed by atoms with van der Waals surface area (Å²) in [5.74, 6) is -0.235. The second-order valence-electron chi connectivity index (χ2n) is 10.4. The zero-order valence-electron chi connectivity index (χ0n) is 23.6.